The average molecular weight is 560 g/mol. The van der Waals surface area contributed by atoms with Crippen LogP contribution in [0, 0.1) is 23.6 Å². The van der Waals surface area contributed by atoms with Crippen LogP contribution in [0.4, 0.5) is 10.1 Å². The van der Waals surface area contributed by atoms with Crippen LogP contribution in [0.2, 0.25) is 0 Å². The quantitative estimate of drug-likeness (QED) is 0.312. The first kappa shape index (κ1) is 28.2. The lowest BCUT2D eigenvalue weighted by atomic mass is 9.65. The topological polar surface area (TPSA) is 51.2 Å². The summed E-state index contributed by atoms with van der Waals surface area (Å²) in [5.41, 5.74) is 6.08. The highest BCUT2D eigenvalue weighted by atomic mass is 19.1. The maximum atomic E-state index is 16.2. The summed E-state index contributed by atoms with van der Waals surface area (Å²) in [6.07, 6.45) is 5.79. The van der Waals surface area contributed by atoms with Crippen molar-refractivity contribution < 1.29 is 23.7 Å². The van der Waals surface area contributed by atoms with Gasteiger partial charge in [-0.15, -0.1) is 0 Å². The van der Waals surface area contributed by atoms with Crippen molar-refractivity contribution in [1.29, 1.82) is 0 Å². The lowest BCUT2D eigenvalue weighted by molar-refractivity contribution is -0.141. The van der Waals surface area contributed by atoms with E-state index in [9.17, 15) is 5.11 Å². The molecule has 0 amide bonds. The Balaban J connectivity index is 1.31. The van der Waals surface area contributed by atoms with Gasteiger partial charge in [0.1, 0.15) is 11.6 Å². The van der Waals surface area contributed by atoms with Gasteiger partial charge >= 0.3 is 0 Å². The molecule has 3 aromatic carbocycles. The molecule has 2 fully saturated rings. The molecule has 2 aliphatic heterocycles. The lowest BCUT2D eigenvalue weighted by Gasteiger charge is -2.41. The van der Waals surface area contributed by atoms with E-state index in [2.05, 4.69) is 29.2 Å². The monoisotopic (exact) mass is 559 g/mol. The molecule has 41 heavy (non-hydrogen) atoms. The largest absolute Gasteiger partial charge is 0.507 e. The van der Waals surface area contributed by atoms with Crippen molar-refractivity contribution in [3.8, 4) is 16.9 Å². The summed E-state index contributed by atoms with van der Waals surface area (Å²) < 4.78 is 32.9. The first-order valence-electron chi connectivity index (χ1n) is 15.2. The van der Waals surface area contributed by atoms with Gasteiger partial charge in [0.2, 0.25) is 0 Å². The summed E-state index contributed by atoms with van der Waals surface area (Å²) in [4.78, 5) is 2.29. The highest BCUT2D eigenvalue weighted by Crippen LogP contribution is 2.48. The molecule has 0 saturated carbocycles. The molecule has 0 radical (unpaired) electrons. The first-order chi connectivity index (χ1) is 20.1. The van der Waals surface area contributed by atoms with E-state index in [0.29, 0.717) is 17.8 Å². The number of phenols is 1. The third kappa shape index (κ3) is 5.75. The Kier molecular flexibility index (Phi) is 8.61. The lowest BCUT2D eigenvalue weighted by Crippen LogP contribution is -2.39. The summed E-state index contributed by atoms with van der Waals surface area (Å²) >= 11 is 0. The van der Waals surface area contributed by atoms with Crippen LogP contribution in [0.15, 0.2) is 60.7 Å². The number of aryl methyl sites for hydroxylation is 1. The number of methoxy groups -OCH3 is 2. The van der Waals surface area contributed by atoms with Gasteiger partial charge in [0, 0.05) is 63.6 Å². The number of halogens is 1. The molecule has 0 bridgehead atoms. The third-order valence-corrected chi connectivity index (χ3v) is 9.81. The number of benzene rings is 3. The number of aromatic hydroxyl groups is 1. The first-order valence-corrected chi connectivity index (χ1v) is 15.2. The number of hydrogen-bond acceptors (Lipinski definition) is 5. The molecule has 1 aliphatic carbocycles. The Hall–Kier alpha value is -2.93. The zero-order valence-corrected chi connectivity index (χ0v) is 24.2. The van der Waals surface area contributed by atoms with Crippen LogP contribution in [0.3, 0.4) is 0 Å². The second-order valence-electron chi connectivity index (χ2n) is 11.9. The molecule has 2 heterocycles. The number of fused-ring (bicyclic) bond motifs is 1. The van der Waals surface area contributed by atoms with Crippen LogP contribution in [0.25, 0.3) is 11.1 Å². The van der Waals surface area contributed by atoms with Crippen LogP contribution < -0.4 is 4.90 Å². The van der Waals surface area contributed by atoms with E-state index in [1.165, 1.54) is 11.1 Å². The number of nitrogens with zero attached hydrogens (tertiary/aromatic N) is 1. The molecule has 0 aromatic heterocycles. The summed E-state index contributed by atoms with van der Waals surface area (Å²) in [5, 5.41) is 10.5. The van der Waals surface area contributed by atoms with E-state index >= 15 is 4.39 Å². The maximum absolute atomic E-state index is 16.2. The van der Waals surface area contributed by atoms with E-state index in [4.69, 9.17) is 14.2 Å². The van der Waals surface area contributed by atoms with Gasteiger partial charge in [-0.2, -0.15) is 0 Å². The number of para-hydroxylation sites is 1. The minimum atomic E-state index is -0.184. The number of rotatable bonds is 7. The summed E-state index contributed by atoms with van der Waals surface area (Å²) in [5.74, 6) is 1.42. The number of phenolic OH excluding ortho intramolecular Hbond substituents is 1. The molecule has 3 aliphatic rings. The summed E-state index contributed by atoms with van der Waals surface area (Å²) in [6.45, 7) is 3.30. The van der Waals surface area contributed by atoms with Gasteiger partial charge < -0.3 is 24.2 Å². The fraction of sp³-hybridized carbons (Fsp3) is 0.486. The minimum absolute atomic E-state index is 0.00391. The van der Waals surface area contributed by atoms with Crippen molar-refractivity contribution >= 4 is 5.69 Å². The highest BCUT2D eigenvalue weighted by molar-refractivity contribution is 5.71. The van der Waals surface area contributed by atoms with Crippen LogP contribution in [-0.2, 0) is 20.6 Å². The van der Waals surface area contributed by atoms with Gasteiger partial charge in [0.05, 0.1) is 0 Å². The van der Waals surface area contributed by atoms with Gasteiger partial charge in [-0.3, -0.25) is 0 Å². The molecular weight excluding hydrogens is 517 g/mol. The maximum Gasteiger partial charge on any atom is 0.159 e. The molecular formula is C35H42FNO4. The molecule has 2 atom stereocenters. The summed E-state index contributed by atoms with van der Waals surface area (Å²) in [6, 6.07) is 19.9. The van der Waals surface area contributed by atoms with Crippen LogP contribution >= 0.6 is 0 Å². The molecule has 3 aromatic rings. The Morgan fingerprint density at radius 2 is 1.61 bits per heavy atom. The molecule has 6 rings (SSSR count). The predicted molar refractivity (Wildman–Crippen MR) is 160 cm³/mol. The van der Waals surface area contributed by atoms with Gasteiger partial charge in [0.25, 0.3) is 0 Å². The standard InChI is InChI=1S/C35H42FNO4/c1-39-35(40-2)24-13-17-37(18-14-24)27-9-12-31(32(36)22-27)34-29(23-15-19-41-20-16-23)10-8-26-21-25(7-11-30(26)34)28-5-3-4-6-33(28)38/h3-7,9,11-12,21-24,29,34-35,38H,8,10,13-20H2,1-2H3/t29-,34+/m0/s1. The SMILES string of the molecule is COC(OC)C1CCN(c2ccc([C@H]3c4ccc(-c5ccccc5O)cc4CC[C@H]3C3CCOCC3)c(F)c2)CC1. The number of hydrogen-bond donors (Lipinski definition) is 1. The Bertz CT molecular complexity index is 1330. The van der Waals surface area contributed by atoms with Crippen molar-refractivity contribution in [2.75, 3.05) is 45.4 Å². The Morgan fingerprint density at radius 3 is 2.32 bits per heavy atom. The van der Waals surface area contributed by atoms with E-state index in [0.717, 1.165) is 87.2 Å². The van der Waals surface area contributed by atoms with Gasteiger partial charge in [-0.05, 0) is 90.8 Å². The number of piperidine rings is 1. The second-order valence-corrected chi connectivity index (χ2v) is 11.9. The van der Waals surface area contributed by atoms with Crippen molar-refractivity contribution in [3.05, 3.63) is 83.2 Å². The number of anilines is 1. The highest BCUT2D eigenvalue weighted by Gasteiger charge is 2.38. The molecule has 5 nitrogen and oxygen atoms in total. The second kappa shape index (κ2) is 12.5. The fourth-order valence-electron chi connectivity index (χ4n) is 7.66. The Morgan fingerprint density at radius 1 is 0.878 bits per heavy atom. The Labute approximate surface area is 243 Å². The summed E-state index contributed by atoms with van der Waals surface area (Å²) in [7, 11) is 3.38. The van der Waals surface area contributed by atoms with Crippen molar-refractivity contribution in [2.24, 2.45) is 17.8 Å². The average Bonchev–Trinajstić information content (AvgIpc) is 3.02. The zero-order chi connectivity index (χ0) is 28.3. The van der Waals surface area contributed by atoms with Gasteiger partial charge in [-0.1, -0.05) is 42.5 Å². The smallest absolute Gasteiger partial charge is 0.159 e. The van der Waals surface area contributed by atoms with E-state index in [-0.39, 0.29) is 23.8 Å². The zero-order valence-electron chi connectivity index (χ0n) is 24.2. The van der Waals surface area contributed by atoms with Crippen LogP contribution in [0.1, 0.15) is 54.7 Å². The van der Waals surface area contributed by atoms with Crippen molar-refractivity contribution in [2.45, 2.75) is 50.7 Å². The van der Waals surface area contributed by atoms with E-state index < -0.39 is 0 Å². The van der Waals surface area contributed by atoms with E-state index in [1.54, 1.807) is 26.4 Å². The van der Waals surface area contributed by atoms with Crippen molar-refractivity contribution in [1.82, 2.24) is 0 Å². The molecule has 1 N–H and O–H groups in total. The van der Waals surface area contributed by atoms with E-state index in [1.807, 2.05) is 24.3 Å². The predicted octanol–water partition coefficient (Wildman–Crippen LogP) is 7.15. The third-order valence-electron chi connectivity index (χ3n) is 9.81. The fourth-order valence-corrected chi connectivity index (χ4v) is 7.66. The van der Waals surface area contributed by atoms with Crippen LogP contribution in [-0.4, -0.2) is 51.9 Å². The van der Waals surface area contributed by atoms with Crippen molar-refractivity contribution in [3.63, 3.8) is 0 Å². The molecule has 218 valence electrons. The molecule has 2 saturated heterocycles. The molecule has 0 unspecified atom stereocenters. The van der Waals surface area contributed by atoms with Gasteiger partial charge in [-0.25, -0.2) is 4.39 Å². The molecule has 0 spiro atoms. The minimum Gasteiger partial charge on any atom is -0.507 e. The van der Waals surface area contributed by atoms with Gasteiger partial charge in [0.15, 0.2) is 6.29 Å². The molecule has 6 heteroatoms. The number of ether oxygens (including phenoxy) is 3. The van der Waals surface area contributed by atoms with Crippen LogP contribution in [0.5, 0.6) is 5.75 Å². The normalized spacial score (nSPS) is 22.2.